The van der Waals surface area contributed by atoms with Crippen LogP contribution in [0.15, 0.2) is 34.4 Å². The number of thiazole rings is 1. The minimum Gasteiger partial charge on any atom is -0.507 e. The van der Waals surface area contributed by atoms with E-state index in [1.165, 1.54) is 17.4 Å². The molecule has 0 saturated heterocycles. The monoisotopic (exact) mass is 260 g/mol. The third kappa shape index (κ3) is 1.80. The first-order valence-electron chi connectivity index (χ1n) is 5.05. The summed E-state index contributed by atoms with van der Waals surface area (Å²) in [6.45, 7) is 0. The maximum absolute atomic E-state index is 9.77. The zero-order valence-corrected chi connectivity index (χ0v) is 9.89. The highest BCUT2D eigenvalue weighted by molar-refractivity contribution is 7.13. The van der Waals surface area contributed by atoms with Crippen LogP contribution in [0.4, 0.5) is 5.69 Å². The van der Waals surface area contributed by atoms with Crippen molar-refractivity contribution < 1.29 is 9.63 Å². The summed E-state index contributed by atoms with van der Waals surface area (Å²) in [6.07, 6.45) is 1.65. The Morgan fingerprint density at radius 2 is 2.22 bits per heavy atom. The number of aromatic nitrogens is 3. The van der Waals surface area contributed by atoms with Gasteiger partial charge in [-0.15, -0.1) is 11.3 Å². The van der Waals surface area contributed by atoms with Gasteiger partial charge in [0.25, 0.3) is 5.89 Å². The molecule has 3 N–H and O–H groups in total. The number of anilines is 1. The fourth-order valence-corrected chi connectivity index (χ4v) is 2.03. The molecular weight excluding hydrogens is 252 g/mol. The molecule has 0 bridgehead atoms. The van der Waals surface area contributed by atoms with Gasteiger partial charge in [0.2, 0.25) is 5.82 Å². The average Bonchev–Trinajstić information content (AvgIpc) is 2.99. The first-order valence-corrected chi connectivity index (χ1v) is 5.93. The molecule has 0 amide bonds. The fraction of sp³-hybridized carbons (Fsp3) is 0. The third-order valence-corrected chi connectivity index (χ3v) is 3.10. The van der Waals surface area contributed by atoms with E-state index < -0.39 is 0 Å². The summed E-state index contributed by atoms with van der Waals surface area (Å²) in [6, 6.07) is 4.73. The summed E-state index contributed by atoms with van der Waals surface area (Å²) in [4.78, 5) is 8.95. The first-order chi connectivity index (χ1) is 8.74. The van der Waals surface area contributed by atoms with Gasteiger partial charge in [-0.2, -0.15) is 4.98 Å². The van der Waals surface area contributed by atoms with Crippen molar-refractivity contribution in [3.8, 4) is 27.9 Å². The van der Waals surface area contributed by atoms with Crippen LogP contribution in [0.5, 0.6) is 5.75 Å². The van der Waals surface area contributed by atoms with E-state index in [9.17, 15) is 5.11 Å². The molecule has 0 aliphatic carbocycles. The Bertz CT molecular complexity index is 678. The molecule has 0 spiro atoms. The van der Waals surface area contributed by atoms with Gasteiger partial charge in [0, 0.05) is 18.0 Å². The Kier molecular flexibility index (Phi) is 2.45. The lowest BCUT2D eigenvalue weighted by molar-refractivity contribution is 0.426. The molecule has 0 aliphatic rings. The van der Waals surface area contributed by atoms with Crippen LogP contribution < -0.4 is 5.73 Å². The van der Waals surface area contributed by atoms with Gasteiger partial charge in [0.15, 0.2) is 0 Å². The largest absolute Gasteiger partial charge is 0.507 e. The second-order valence-corrected chi connectivity index (χ2v) is 4.45. The number of nitrogens with two attached hydrogens (primary N) is 1. The second kappa shape index (κ2) is 4.11. The summed E-state index contributed by atoms with van der Waals surface area (Å²) in [7, 11) is 0. The predicted molar refractivity (Wildman–Crippen MR) is 66.9 cm³/mol. The lowest BCUT2D eigenvalue weighted by Gasteiger charge is -1.99. The van der Waals surface area contributed by atoms with Crippen molar-refractivity contribution in [3.05, 3.63) is 29.9 Å². The molecule has 0 aliphatic heterocycles. The van der Waals surface area contributed by atoms with E-state index in [1.807, 2.05) is 0 Å². The van der Waals surface area contributed by atoms with Crippen LogP contribution >= 0.6 is 11.3 Å². The molecule has 6 nitrogen and oxygen atoms in total. The number of nitrogens with zero attached hydrogens (tertiary/aromatic N) is 3. The van der Waals surface area contributed by atoms with Crippen LogP contribution in [0, 0.1) is 0 Å². The molecule has 2 aromatic heterocycles. The highest BCUT2D eigenvalue weighted by Crippen LogP contribution is 2.31. The van der Waals surface area contributed by atoms with Crippen molar-refractivity contribution in [2.24, 2.45) is 0 Å². The lowest BCUT2D eigenvalue weighted by atomic mass is 10.2. The van der Waals surface area contributed by atoms with Crippen molar-refractivity contribution in [1.29, 1.82) is 0 Å². The Hall–Kier alpha value is -2.41. The maximum Gasteiger partial charge on any atom is 0.262 e. The van der Waals surface area contributed by atoms with Gasteiger partial charge in [-0.1, -0.05) is 5.16 Å². The van der Waals surface area contributed by atoms with E-state index in [0.717, 1.165) is 4.88 Å². The van der Waals surface area contributed by atoms with Crippen LogP contribution in [-0.2, 0) is 0 Å². The molecule has 7 heteroatoms. The molecule has 0 radical (unpaired) electrons. The van der Waals surface area contributed by atoms with Gasteiger partial charge in [-0.05, 0) is 12.1 Å². The zero-order valence-electron chi connectivity index (χ0n) is 9.07. The van der Waals surface area contributed by atoms with Gasteiger partial charge >= 0.3 is 0 Å². The zero-order chi connectivity index (χ0) is 12.5. The lowest BCUT2D eigenvalue weighted by Crippen LogP contribution is -1.85. The summed E-state index contributed by atoms with van der Waals surface area (Å²) in [5.74, 6) is 0.703. The quantitative estimate of drug-likeness (QED) is 0.685. The summed E-state index contributed by atoms with van der Waals surface area (Å²) in [5, 5.41) is 13.6. The number of aromatic hydroxyl groups is 1. The van der Waals surface area contributed by atoms with E-state index in [1.54, 1.807) is 23.8 Å². The molecule has 3 aromatic rings. The standard InChI is InChI=1S/C11H8N4O2S/c12-6-1-2-7(8(16)3-6)11-14-10(15-17-11)9-4-13-5-18-9/h1-5,16H,12H2. The van der Waals surface area contributed by atoms with Gasteiger partial charge < -0.3 is 15.4 Å². The van der Waals surface area contributed by atoms with Gasteiger partial charge in [-0.25, -0.2) is 0 Å². The van der Waals surface area contributed by atoms with Crippen LogP contribution in [0.1, 0.15) is 0 Å². The second-order valence-electron chi connectivity index (χ2n) is 3.57. The molecular formula is C11H8N4O2S. The van der Waals surface area contributed by atoms with Gasteiger partial charge in [0.1, 0.15) is 5.75 Å². The van der Waals surface area contributed by atoms with Crippen molar-refractivity contribution in [1.82, 2.24) is 15.1 Å². The van der Waals surface area contributed by atoms with Crippen LogP contribution in [0.3, 0.4) is 0 Å². The smallest absolute Gasteiger partial charge is 0.262 e. The van der Waals surface area contributed by atoms with Crippen molar-refractivity contribution >= 4 is 17.0 Å². The minimum absolute atomic E-state index is 0.00880. The van der Waals surface area contributed by atoms with E-state index in [0.29, 0.717) is 17.1 Å². The Labute approximate surface area is 106 Å². The number of phenolic OH excluding ortho intramolecular Hbond substituents is 1. The van der Waals surface area contributed by atoms with Crippen molar-refractivity contribution in [3.63, 3.8) is 0 Å². The van der Waals surface area contributed by atoms with Gasteiger partial charge in [-0.3, -0.25) is 4.98 Å². The number of hydrogen-bond acceptors (Lipinski definition) is 7. The van der Waals surface area contributed by atoms with E-state index in [4.69, 9.17) is 10.3 Å². The summed E-state index contributed by atoms with van der Waals surface area (Å²) >= 11 is 1.41. The first kappa shape index (κ1) is 10.7. The number of benzene rings is 1. The van der Waals surface area contributed by atoms with Crippen molar-refractivity contribution in [2.45, 2.75) is 0 Å². The average molecular weight is 260 g/mol. The molecule has 0 fully saturated rings. The molecule has 0 atom stereocenters. The number of rotatable bonds is 2. The number of nitrogen functional groups attached to an aromatic ring is 1. The highest BCUT2D eigenvalue weighted by atomic mass is 32.1. The van der Waals surface area contributed by atoms with Crippen LogP contribution in [0.2, 0.25) is 0 Å². The minimum atomic E-state index is 0.00880. The Morgan fingerprint density at radius 1 is 1.33 bits per heavy atom. The number of hydrogen-bond donors (Lipinski definition) is 2. The highest BCUT2D eigenvalue weighted by Gasteiger charge is 2.14. The molecule has 3 rings (SSSR count). The van der Waals surface area contributed by atoms with Gasteiger partial charge in [0.05, 0.1) is 16.0 Å². The Balaban J connectivity index is 2.03. The summed E-state index contributed by atoms with van der Waals surface area (Å²) in [5.41, 5.74) is 8.16. The topological polar surface area (TPSA) is 98.1 Å². The predicted octanol–water partition coefficient (Wildman–Crippen LogP) is 2.15. The Morgan fingerprint density at radius 3 is 2.94 bits per heavy atom. The van der Waals surface area contributed by atoms with E-state index in [-0.39, 0.29) is 11.6 Å². The maximum atomic E-state index is 9.77. The molecule has 0 saturated carbocycles. The van der Waals surface area contributed by atoms with Crippen molar-refractivity contribution in [2.75, 3.05) is 5.73 Å². The van der Waals surface area contributed by atoms with Crippen LogP contribution in [-0.4, -0.2) is 20.2 Å². The molecule has 90 valence electrons. The number of phenols is 1. The van der Waals surface area contributed by atoms with E-state index >= 15 is 0 Å². The normalized spacial score (nSPS) is 10.7. The van der Waals surface area contributed by atoms with Crippen LogP contribution in [0.25, 0.3) is 22.2 Å². The SMILES string of the molecule is Nc1ccc(-c2nc(-c3cncs3)no2)c(O)c1. The third-order valence-electron chi connectivity index (χ3n) is 2.33. The summed E-state index contributed by atoms with van der Waals surface area (Å²) < 4.78 is 5.11. The molecule has 1 aromatic carbocycles. The van der Waals surface area contributed by atoms with E-state index in [2.05, 4.69) is 15.1 Å². The molecule has 18 heavy (non-hydrogen) atoms. The molecule has 0 unspecified atom stereocenters. The molecule has 2 heterocycles. The fourth-order valence-electron chi connectivity index (χ4n) is 1.49.